The van der Waals surface area contributed by atoms with E-state index in [9.17, 15) is 9.90 Å². The third-order valence-electron chi connectivity index (χ3n) is 4.47. The summed E-state index contributed by atoms with van der Waals surface area (Å²) < 4.78 is 0. The topological polar surface area (TPSA) is 77.8 Å². The monoisotopic (exact) mass is 383 g/mol. The predicted molar refractivity (Wildman–Crippen MR) is 108 cm³/mol. The Morgan fingerprint density at radius 2 is 1.89 bits per heavy atom. The Hall–Kier alpha value is -2.66. The Morgan fingerprint density at radius 3 is 2.63 bits per heavy atom. The lowest BCUT2D eigenvalue weighted by Gasteiger charge is -2.01. The summed E-state index contributed by atoms with van der Waals surface area (Å²) in [4.78, 5) is 15.0. The number of aromatic nitrogens is 1. The molecule has 0 radical (unpaired) electrons. The third-order valence-corrected chi connectivity index (χ3v) is 4.72. The minimum absolute atomic E-state index is 0.0965. The molecule has 0 aliphatic heterocycles. The van der Waals surface area contributed by atoms with Crippen molar-refractivity contribution in [2.75, 3.05) is 0 Å². The molecule has 0 unspecified atom stereocenters. The number of azo groups is 1. The van der Waals surface area contributed by atoms with Crippen LogP contribution in [0.1, 0.15) is 48.5 Å². The van der Waals surface area contributed by atoms with E-state index in [1.54, 1.807) is 24.3 Å². The van der Waals surface area contributed by atoms with Gasteiger partial charge in [0, 0.05) is 16.0 Å². The SMILES string of the molecule is CCCCCCc1ccc2c(N=NC(=O)c3ccc(Cl)cc3)c(O)[nH]c2c1. The number of aromatic amines is 1. The van der Waals surface area contributed by atoms with Crippen molar-refractivity contribution in [3.63, 3.8) is 0 Å². The number of H-pyrrole nitrogens is 1. The third kappa shape index (κ3) is 4.74. The fourth-order valence-electron chi connectivity index (χ4n) is 2.97. The van der Waals surface area contributed by atoms with Gasteiger partial charge in [0.2, 0.25) is 5.88 Å². The van der Waals surface area contributed by atoms with E-state index >= 15 is 0 Å². The quantitative estimate of drug-likeness (QED) is 0.357. The molecule has 140 valence electrons. The Balaban J connectivity index is 1.77. The highest BCUT2D eigenvalue weighted by Crippen LogP contribution is 2.36. The average molecular weight is 384 g/mol. The van der Waals surface area contributed by atoms with E-state index in [1.807, 2.05) is 18.2 Å². The zero-order chi connectivity index (χ0) is 19.2. The molecule has 1 aromatic heterocycles. The van der Waals surface area contributed by atoms with Gasteiger partial charge in [-0.25, -0.2) is 0 Å². The van der Waals surface area contributed by atoms with Gasteiger partial charge in [-0.2, -0.15) is 0 Å². The number of benzene rings is 2. The zero-order valence-corrected chi connectivity index (χ0v) is 16.0. The first-order valence-electron chi connectivity index (χ1n) is 9.13. The first-order chi connectivity index (χ1) is 13.1. The molecular weight excluding hydrogens is 362 g/mol. The van der Waals surface area contributed by atoms with E-state index in [0.29, 0.717) is 10.6 Å². The summed E-state index contributed by atoms with van der Waals surface area (Å²) in [5.74, 6) is -0.589. The molecule has 1 amide bonds. The van der Waals surface area contributed by atoms with Crippen molar-refractivity contribution in [2.45, 2.75) is 39.0 Å². The molecular formula is C21H22ClN3O2. The molecule has 5 nitrogen and oxygen atoms in total. The summed E-state index contributed by atoms with van der Waals surface area (Å²) in [6.45, 7) is 2.20. The zero-order valence-electron chi connectivity index (χ0n) is 15.2. The van der Waals surface area contributed by atoms with Crippen LogP contribution in [0.15, 0.2) is 52.7 Å². The van der Waals surface area contributed by atoms with E-state index in [2.05, 4.69) is 22.1 Å². The van der Waals surface area contributed by atoms with E-state index < -0.39 is 5.91 Å². The molecule has 3 rings (SSSR count). The summed E-state index contributed by atoms with van der Waals surface area (Å²) in [5, 5.41) is 19.1. The fraction of sp³-hybridized carbons (Fsp3) is 0.286. The number of aromatic hydroxyl groups is 1. The van der Waals surface area contributed by atoms with E-state index in [1.165, 1.54) is 24.8 Å². The molecule has 0 saturated heterocycles. The van der Waals surface area contributed by atoms with Crippen LogP contribution < -0.4 is 0 Å². The molecule has 0 fully saturated rings. The number of amides is 1. The number of carbonyl (C=O) groups is 1. The summed E-state index contributed by atoms with van der Waals surface area (Å²) in [6.07, 6.45) is 5.83. The van der Waals surface area contributed by atoms with Gasteiger partial charge in [0.25, 0.3) is 5.91 Å². The number of nitrogens with one attached hydrogen (secondary N) is 1. The molecule has 0 spiro atoms. The molecule has 2 N–H and O–H groups in total. The lowest BCUT2D eigenvalue weighted by Crippen LogP contribution is -1.92. The van der Waals surface area contributed by atoms with E-state index in [4.69, 9.17) is 11.6 Å². The molecule has 2 aromatic carbocycles. The fourth-order valence-corrected chi connectivity index (χ4v) is 3.10. The average Bonchev–Trinajstić information content (AvgIpc) is 2.98. The Bertz CT molecular complexity index is 961. The van der Waals surface area contributed by atoms with Crippen LogP contribution in [0.2, 0.25) is 5.02 Å². The number of hydrogen-bond acceptors (Lipinski definition) is 3. The minimum atomic E-state index is -0.493. The molecule has 0 atom stereocenters. The van der Waals surface area contributed by atoms with Gasteiger partial charge < -0.3 is 10.1 Å². The largest absolute Gasteiger partial charge is 0.493 e. The summed E-state index contributed by atoms with van der Waals surface area (Å²) in [5.41, 5.74) is 2.65. The second-order valence-corrected chi connectivity index (χ2v) is 6.96. The lowest BCUT2D eigenvalue weighted by atomic mass is 10.0. The van der Waals surface area contributed by atoms with Gasteiger partial charge >= 0.3 is 0 Å². The summed E-state index contributed by atoms with van der Waals surface area (Å²) in [6, 6.07) is 12.4. The highest BCUT2D eigenvalue weighted by molar-refractivity contribution is 6.30. The maximum Gasteiger partial charge on any atom is 0.295 e. The first-order valence-corrected chi connectivity index (χ1v) is 9.51. The van der Waals surface area contributed by atoms with E-state index in [0.717, 1.165) is 23.7 Å². The van der Waals surface area contributed by atoms with Gasteiger partial charge in [-0.3, -0.25) is 4.79 Å². The second kappa shape index (κ2) is 8.82. The number of carbonyl (C=O) groups excluding carboxylic acids is 1. The Morgan fingerprint density at radius 1 is 1.11 bits per heavy atom. The summed E-state index contributed by atoms with van der Waals surface area (Å²) >= 11 is 5.82. The molecule has 0 aliphatic rings. The smallest absolute Gasteiger partial charge is 0.295 e. The molecule has 6 heteroatoms. The lowest BCUT2D eigenvalue weighted by molar-refractivity contribution is 0.0995. The molecule has 0 saturated carbocycles. The highest BCUT2D eigenvalue weighted by Gasteiger charge is 2.12. The van der Waals surface area contributed by atoms with Crippen LogP contribution in [-0.4, -0.2) is 16.0 Å². The maximum absolute atomic E-state index is 12.1. The van der Waals surface area contributed by atoms with Crippen molar-refractivity contribution in [1.29, 1.82) is 0 Å². The van der Waals surface area contributed by atoms with Gasteiger partial charge in [0.1, 0.15) is 0 Å². The highest BCUT2D eigenvalue weighted by atomic mass is 35.5. The van der Waals surface area contributed by atoms with E-state index in [-0.39, 0.29) is 11.6 Å². The second-order valence-electron chi connectivity index (χ2n) is 6.52. The molecule has 0 bridgehead atoms. The molecule has 3 aromatic rings. The van der Waals surface area contributed by atoms with Crippen molar-refractivity contribution in [3.8, 4) is 5.88 Å². The van der Waals surface area contributed by atoms with Crippen LogP contribution in [0.5, 0.6) is 5.88 Å². The van der Waals surface area contributed by atoms with Crippen molar-refractivity contribution in [3.05, 3.63) is 58.6 Å². The van der Waals surface area contributed by atoms with Crippen molar-refractivity contribution >= 4 is 34.1 Å². The van der Waals surface area contributed by atoms with Crippen molar-refractivity contribution in [1.82, 2.24) is 4.98 Å². The first kappa shape index (κ1) is 19.1. The van der Waals surface area contributed by atoms with Crippen molar-refractivity contribution < 1.29 is 9.90 Å². The van der Waals surface area contributed by atoms with Crippen molar-refractivity contribution in [2.24, 2.45) is 10.2 Å². The molecule has 0 aliphatic carbocycles. The standard InChI is InChI=1S/C21H22ClN3O2/c1-2-3-4-5-6-14-7-12-17-18(13-14)23-21(27)19(17)24-25-20(26)15-8-10-16(22)11-9-15/h7-13,23,27H,2-6H2,1H3. The normalized spacial score (nSPS) is 11.5. The number of nitrogens with zero attached hydrogens (tertiary/aromatic N) is 2. The van der Waals surface area contributed by atoms with Crippen LogP contribution in [0, 0.1) is 0 Å². The van der Waals surface area contributed by atoms with Gasteiger partial charge in [0.15, 0.2) is 5.69 Å². The van der Waals surface area contributed by atoms with Crippen LogP contribution in [0.3, 0.4) is 0 Å². The van der Waals surface area contributed by atoms with Crippen LogP contribution in [-0.2, 0) is 6.42 Å². The number of fused-ring (bicyclic) bond motifs is 1. The number of hydrogen-bond donors (Lipinski definition) is 2. The van der Waals surface area contributed by atoms with Gasteiger partial charge in [-0.1, -0.05) is 49.9 Å². The number of rotatable bonds is 7. The van der Waals surface area contributed by atoms with Gasteiger partial charge in [-0.05, 0) is 48.7 Å². The summed E-state index contributed by atoms with van der Waals surface area (Å²) in [7, 11) is 0. The van der Waals surface area contributed by atoms with Crippen LogP contribution >= 0.6 is 11.6 Å². The van der Waals surface area contributed by atoms with Crippen LogP contribution in [0.4, 0.5) is 5.69 Å². The molecule has 27 heavy (non-hydrogen) atoms. The number of unbranched alkanes of at least 4 members (excludes halogenated alkanes) is 3. The van der Waals surface area contributed by atoms with Crippen LogP contribution in [0.25, 0.3) is 10.9 Å². The maximum atomic E-state index is 12.1. The predicted octanol–water partition coefficient (Wildman–Crippen LogP) is 6.57. The number of halogens is 1. The Kier molecular flexibility index (Phi) is 6.24. The van der Waals surface area contributed by atoms with Gasteiger partial charge in [-0.15, -0.1) is 10.2 Å². The molecule has 1 heterocycles. The minimum Gasteiger partial charge on any atom is -0.493 e. The number of aryl methyl sites for hydroxylation is 1. The Labute approximate surface area is 163 Å². The van der Waals surface area contributed by atoms with Gasteiger partial charge in [0.05, 0.1) is 5.52 Å².